The van der Waals surface area contributed by atoms with Crippen LogP contribution in [0.4, 0.5) is 5.13 Å². The summed E-state index contributed by atoms with van der Waals surface area (Å²) in [6, 6.07) is -1.04. The molecule has 1 aromatic heterocycles. The number of thiazole rings is 1. The van der Waals surface area contributed by atoms with Crippen LogP contribution in [0.2, 0.25) is 0 Å². The monoisotopic (exact) mass is 539 g/mol. The molecule has 2 aliphatic heterocycles. The molecule has 36 heavy (non-hydrogen) atoms. The zero-order valence-electron chi connectivity index (χ0n) is 19.0. The van der Waals surface area contributed by atoms with E-state index in [1.807, 2.05) is 0 Å². The molecule has 4 N–H and O–H groups in total. The fourth-order valence-electron chi connectivity index (χ4n) is 3.17. The van der Waals surface area contributed by atoms with Gasteiger partial charge in [-0.3, -0.25) is 24.1 Å². The summed E-state index contributed by atoms with van der Waals surface area (Å²) < 4.78 is 14.4. The Kier molecular flexibility index (Phi) is 8.65. The molecule has 14 nitrogen and oxygen atoms in total. The third-order valence-corrected chi connectivity index (χ3v) is 6.69. The van der Waals surface area contributed by atoms with Crippen LogP contribution in [-0.2, 0) is 38.2 Å². The van der Waals surface area contributed by atoms with Crippen molar-refractivity contribution in [2.24, 2.45) is 5.16 Å². The van der Waals surface area contributed by atoms with Crippen LogP contribution in [-0.4, -0.2) is 81.1 Å². The summed E-state index contributed by atoms with van der Waals surface area (Å²) in [7, 11) is 0. The molecular formula is C20H21N5O9S2. The predicted molar refractivity (Wildman–Crippen MR) is 125 cm³/mol. The number of ether oxygens (including phenoxy) is 3. The number of oxime groups is 1. The Balaban J connectivity index is 1.78. The minimum absolute atomic E-state index is 0.0345. The van der Waals surface area contributed by atoms with Crippen molar-refractivity contribution in [3.63, 3.8) is 0 Å². The van der Waals surface area contributed by atoms with E-state index in [0.717, 1.165) is 23.2 Å². The molecule has 1 saturated heterocycles. The highest BCUT2D eigenvalue weighted by Gasteiger charge is 2.54. The van der Waals surface area contributed by atoms with Gasteiger partial charge in [0.25, 0.3) is 11.8 Å². The number of hydrogen-bond acceptors (Lipinski definition) is 14. The number of amides is 2. The number of nitrogen functional groups attached to an aromatic ring is 1. The van der Waals surface area contributed by atoms with Crippen LogP contribution in [0.15, 0.2) is 34.0 Å². The number of esters is 3. The molecule has 192 valence electrons. The Labute approximate surface area is 212 Å². The number of carbonyl (C=O) groups excluding carboxylic acids is 5. The molecule has 2 aliphatic rings. The molecule has 0 saturated carbocycles. The summed E-state index contributed by atoms with van der Waals surface area (Å²) in [5.74, 6) is -3.34. The number of thioether (sulfide) groups is 1. The van der Waals surface area contributed by atoms with Gasteiger partial charge in [0.05, 0.1) is 0 Å². The zero-order valence-corrected chi connectivity index (χ0v) is 20.6. The SMILES string of the molecule is CC(=O)OC/C=C/C1=C(C(=O)OCOC(C)=O)N2C(=O)[C@@H](NC(=O)/C(=N\O)c3csc(N)n3)[C@H]2SC1. The van der Waals surface area contributed by atoms with Crippen molar-refractivity contribution in [2.75, 3.05) is 24.9 Å². The molecule has 0 radical (unpaired) electrons. The van der Waals surface area contributed by atoms with Crippen molar-refractivity contribution >= 4 is 63.7 Å². The summed E-state index contributed by atoms with van der Waals surface area (Å²) in [4.78, 5) is 65.4. The molecule has 1 fully saturated rings. The van der Waals surface area contributed by atoms with Gasteiger partial charge in [0.15, 0.2) is 10.8 Å². The van der Waals surface area contributed by atoms with E-state index in [9.17, 15) is 29.2 Å². The van der Waals surface area contributed by atoms with Gasteiger partial charge in [0, 0.05) is 25.0 Å². The minimum Gasteiger partial charge on any atom is -0.462 e. The number of carbonyl (C=O) groups is 5. The Bertz CT molecular complexity index is 1180. The first-order valence-corrected chi connectivity index (χ1v) is 12.1. The zero-order chi connectivity index (χ0) is 26.4. The topological polar surface area (TPSA) is 200 Å². The Hall–Kier alpha value is -3.92. The number of aromatic nitrogens is 1. The first-order chi connectivity index (χ1) is 17.1. The third kappa shape index (κ3) is 6.01. The van der Waals surface area contributed by atoms with Crippen LogP contribution in [0.25, 0.3) is 0 Å². The molecular weight excluding hydrogens is 518 g/mol. The largest absolute Gasteiger partial charge is 0.462 e. The molecule has 0 aliphatic carbocycles. The number of hydrogen-bond donors (Lipinski definition) is 3. The van der Waals surface area contributed by atoms with Crippen LogP contribution >= 0.6 is 23.1 Å². The van der Waals surface area contributed by atoms with E-state index >= 15 is 0 Å². The number of rotatable bonds is 9. The highest BCUT2D eigenvalue weighted by atomic mass is 32.2. The minimum atomic E-state index is -1.04. The van der Waals surface area contributed by atoms with Gasteiger partial charge >= 0.3 is 17.9 Å². The van der Waals surface area contributed by atoms with Gasteiger partial charge in [0.1, 0.15) is 29.4 Å². The summed E-state index contributed by atoms with van der Waals surface area (Å²) >= 11 is 2.29. The fraction of sp³-hybridized carbons (Fsp3) is 0.350. The fourth-order valence-corrected chi connectivity index (χ4v) is 5.04. The van der Waals surface area contributed by atoms with E-state index in [4.69, 9.17) is 15.2 Å². The lowest BCUT2D eigenvalue weighted by Gasteiger charge is -2.49. The average Bonchev–Trinajstić information content (AvgIpc) is 3.25. The standard InChI is InChI=1S/C20H21N5O9S2/c1-9(26)32-5-3-4-11-6-35-18-14(23-16(28)13(24-31)12-7-36-20(21)22-12)17(29)25(18)15(11)19(30)34-8-33-10(2)27/h3-4,7,14,18,31H,5-6,8H2,1-2H3,(H2,21,22)(H,23,28)/b4-3+,24-13-/t14-,18-/m1/s1. The lowest BCUT2D eigenvalue weighted by Crippen LogP contribution is -2.71. The molecule has 2 amide bonds. The van der Waals surface area contributed by atoms with Crippen LogP contribution in [0.3, 0.4) is 0 Å². The number of nitrogens with zero attached hydrogens (tertiary/aromatic N) is 3. The average molecular weight is 540 g/mol. The van der Waals surface area contributed by atoms with Crippen molar-refractivity contribution in [2.45, 2.75) is 25.3 Å². The number of fused-ring (bicyclic) bond motifs is 1. The molecule has 0 spiro atoms. The van der Waals surface area contributed by atoms with Gasteiger partial charge in [-0.1, -0.05) is 11.2 Å². The van der Waals surface area contributed by atoms with Gasteiger partial charge < -0.3 is 30.5 Å². The summed E-state index contributed by atoms with van der Waals surface area (Å²) in [5, 5.41) is 15.6. The van der Waals surface area contributed by atoms with E-state index in [-0.39, 0.29) is 28.9 Å². The quantitative estimate of drug-likeness (QED) is 0.0929. The van der Waals surface area contributed by atoms with Crippen LogP contribution < -0.4 is 11.1 Å². The van der Waals surface area contributed by atoms with Gasteiger partial charge in [0.2, 0.25) is 6.79 Å². The van der Waals surface area contributed by atoms with Gasteiger partial charge in [-0.15, -0.1) is 23.1 Å². The third-order valence-electron chi connectivity index (χ3n) is 4.71. The number of β-lactam (4-membered cyclic amide) rings is 1. The van der Waals surface area contributed by atoms with E-state index in [0.29, 0.717) is 5.57 Å². The van der Waals surface area contributed by atoms with E-state index in [1.165, 1.54) is 36.2 Å². The first kappa shape index (κ1) is 26.7. The number of anilines is 1. The molecule has 2 atom stereocenters. The molecule has 3 heterocycles. The molecule has 1 aromatic rings. The number of allylic oxidation sites excluding steroid dienone is 1. The van der Waals surface area contributed by atoms with Crippen LogP contribution in [0.5, 0.6) is 0 Å². The van der Waals surface area contributed by atoms with E-state index in [2.05, 4.69) is 20.2 Å². The van der Waals surface area contributed by atoms with Crippen LogP contribution in [0, 0.1) is 0 Å². The highest BCUT2D eigenvalue weighted by molar-refractivity contribution is 8.00. The van der Waals surface area contributed by atoms with Crippen molar-refractivity contribution in [1.82, 2.24) is 15.2 Å². The lowest BCUT2D eigenvalue weighted by atomic mass is 10.0. The second-order valence-corrected chi connectivity index (χ2v) is 9.14. The van der Waals surface area contributed by atoms with Crippen molar-refractivity contribution in [3.8, 4) is 0 Å². The first-order valence-electron chi connectivity index (χ1n) is 10.2. The molecule has 0 unspecified atom stereocenters. The van der Waals surface area contributed by atoms with Gasteiger partial charge in [-0.05, 0) is 11.6 Å². The Morgan fingerprint density at radius 2 is 2.00 bits per heavy atom. The molecule has 0 bridgehead atoms. The van der Waals surface area contributed by atoms with Crippen molar-refractivity contribution in [1.29, 1.82) is 0 Å². The predicted octanol–water partition coefficient (Wildman–Crippen LogP) is -0.259. The van der Waals surface area contributed by atoms with Crippen molar-refractivity contribution < 1.29 is 43.4 Å². The summed E-state index contributed by atoms with van der Waals surface area (Å²) in [5.41, 5.74) is 5.44. The van der Waals surface area contributed by atoms with Crippen molar-refractivity contribution in [3.05, 3.63) is 34.5 Å². The second-order valence-electron chi connectivity index (χ2n) is 7.14. The number of nitrogens with two attached hydrogens (primary N) is 1. The maximum atomic E-state index is 13.0. The van der Waals surface area contributed by atoms with E-state index < -0.39 is 53.6 Å². The maximum Gasteiger partial charge on any atom is 0.358 e. The Morgan fingerprint density at radius 1 is 1.28 bits per heavy atom. The van der Waals surface area contributed by atoms with Crippen LogP contribution in [0.1, 0.15) is 19.5 Å². The number of nitrogens with one attached hydrogen (secondary N) is 1. The van der Waals surface area contributed by atoms with E-state index in [1.54, 1.807) is 0 Å². The Morgan fingerprint density at radius 3 is 2.61 bits per heavy atom. The normalized spacial score (nSPS) is 19.4. The smallest absolute Gasteiger partial charge is 0.358 e. The van der Waals surface area contributed by atoms with Gasteiger partial charge in [-0.25, -0.2) is 9.78 Å². The summed E-state index contributed by atoms with van der Waals surface area (Å²) in [6.07, 6.45) is 3.00. The maximum absolute atomic E-state index is 13.0. The molecule has 16 heteroatoms. The molecule has 3 rings (SSSR count). The second kappa shape index (κ2) is 11.7. The highest BCUT2D eigenvalue weighted by Crippen LogP contribution is 2.41. The summed E-state index contributed by atoms with van der Waals surface area (Å²) in [6.45, 7) is 1.67. The molecule has 0 aromatic carbocycles. The van der Waals surface area contributed by atoms with Gasteiger partial charge in [-0.2, -0.15) is 0 Å². The lowest BCUT2D eigenvalue weighted by molar-refractivity contribution is -0.166.